The molecule has 74 heavy (non-hydrogen) atoms. The fraction of sp³-hybridized carbons (Fsp3) is 0.862. The lowest BCUT2D eigenvalue weighted by atomic mass is 10.0. The van der Waals surface area contributed by atoms with E-state index in [2.05, 4.69) is 50.3 Å². The summed E-state index contributed by atoms with van der Waals surface area (Å²) in [5, 5.41) is 11.8. The van der Waals surface area contributed by atoms with Gasteiger partial charge >= 0.3 is 11.9 Å². The second kappa shape index (κ2) is 56.7. The van der Waals surface area contributed by atoms with E-state index in [-0.39, 0.29) is 32.2 Å². The molecule has 9 nitrogen and oxygen atoms in total. The maximum Gasteiger partial charge on any atom is 0.306 e. The number of carbonyl (C=O) groups excluding carboxylic acids is 3. The normalized spacial score (nSPS) is 12.9. The van der Waals surface area contributed by atoms with E-state index < -0.39 is 24.3 Å². The van der Waals surface area contributed by atoms with Crippen LogP contribution in [-0.4, -0.2) is 82.3 Å². The number of aliphatic carboxylic acids is 1. The van der Waals surface area contributed by atoms with Gasteiger partial charge in [0.25, 0.3) is 0 Å². The number of unbranched alkanes of at least 4 members (excludes halogenated alkanes) is 38. The maximum absolute atomic E-state index is 12.9. The molecule has 9 heteroatoms. The molecule has 0 saturated carbocycles. The summed E-state index contributed by atoms with van der Waals surface area (Å²) in [6.07, 6.45) is 66.4. The van der Waals surface area contributed by atoms with Crippen molar-refractivity contribution in [3.05, 3.63) is 36.5 Å². The Morgan fingerprint density at radius 3 is 1.09 bits per heavy atom. The summed E-state index contributed by atoms with van der Waals surface area (Å²) in [5.41, 5.74) is 0. The highest BCUT2D eigenvalue weighted by Gasteiger charge is 2.22. The van der Waals surface area contributed by atoms with Crippen LogP contribution in [0.2, 0.25) is 0 Å². The van der Waals surface area contributed by atoms with E-state index in [0.29, 0.717) is 23.9 Å². The van der Waals surface area contributed by atoms with Crippen LogP contribution in [0.5, 0.6) is 0 Å². The third-order valence-electron chi connectivity index (χ3n) is 14.1. The lowest BCUT2D eigenvalue weighted by Gasteiger charge is -2.26. The predicted octanol–water partition coefficient (Wildman–Crippen LogP) is 17.5. The first kappa shape index (κ1) is 71.5. The topological polar surface area (TPSA) is 111 Å². The summed E-state index contributed by atoms with van der Waals surface area (Å²) in [7, 11) is 5.93. The molecule has 434 valence electrons. The average molecular weight is 1040 g/mol. The number of ether oxygens (including phenoxy) is 4. The van der Waals surface area contributed by atoms with Crippen molar-refractivity contribution < 1.29 is 42.9 Å². The van der Waals surface area contributed by atoms with Gasteiger partial charge in [0, 0.05) is 12.8 Å². The minimum Gasteiger partial charge on any atom is -0.545 e. The summed E-state index contributed by atoms with van der Waals surface area (Å²) in [4.78, 5) is 37.3. The molecule has 0 aliphatic heterocycles. The van der Waals surface area contributed by atoms with Crippen LogP contribution >= 0.6 is 0 Å². The van der Waals surface area contributed by atoms with Crippen LogP contribution in [0, 0.1) is 0 Å². The number of esters is 2. The van der Waals surface area contributed by atoms with Crippen molar-refractivity contribution in [3.63, 3.8) is 0 Å². The first-order chi connectivity index (χ1) is 36.1. The summed E-state index contributed by atoms with van der Waals surface area (Å²) in [6.45, 7) is 4.76. The molecule has 2 unspecified atom stereocenters. The number of rotatable bonds is 59. The SMILES string of the molecule is CCCCCC/C=C\C/C=C\CCCCCCCCCC(=O)OC(COC(=O)CCCCCCCCCCCCCCCCCCCCC/C=C\CCCCCCCCCC)COC(OCC[N+](C)(C)C)C(=O)[O-]. The van der Waals surface area contributed by atoms with Gasteiger partial charge in [-0.3, -0.25) is 9.59 Å². The Kier molecular flexibility index (Phi) is 54.8. The van der Waals surface area contributed by atoms with E-state index in [1.165, 1.54) is 218 Å². The van der Waals surface area contributed by atoms with E-state index in [4.69, 9.17) is 18.9 Å². The van der Waals surface area contributed by atoms with Crippen molar-refractivity contribution in [1.82, 2.24) is 0 Å². The highest BCUT2D eigenvalue weighted by molar-refractivity contribution is 5.70. The van der Waals surface area contributed by atoms with Crippen LogP contribution in [0.4, 0.5) is 0 Å². The van der Waals surface area contributed by atoms with Crippen LogP contribution in [0.3, 0.4) is 0 Å². The zero-order valence-corrected chi connectivity index (χ0v) is 49.5. The fourth-order valence-electron chi connectivity index (χ4n) is 9.21. The standard InChI is InChI=1S/C65H121NO8/c1-6-8-10-12-14-16-18-20-22-24-26-27-28-29-30-31-32-33-34-35-36-37-38-40-41-43-45-47-49-51-53-55-62(67)72-59-61(60-73-65(64(69)70)71-58-57-66(3,4)5)74-63(68)56-54-52-50-48-46-44-42-39-25-23-21-19-17-15-13-11-9-7-2/h17,19,23-26,61,65H,6-16,18,20-22,27-60H2,1-5H3/b19-17-,25-23-,26-24-. The van der Waals surface area contributed by atoms with Crippen molar-refractivity contribution >= 4 is 17.9 Å². The molecule has 0 saturated heterocycles. The van der Waals surface area contributed by atoms with Crippen LogP contribution in [0.15, 0.2) is 36.5 Å². The predicted molar refractivity (Wildman–Crippen MR) is 311 cm³/mol. The number of likely N-dealkylation sites (N-methyl/N-ethyl adjacent to an activating group) is 1. The first-order valence-electron chi connectivity index (χ1n) is 31.6. The molecule has 0 heterocycles. The fourth-order valence-corrected chi connectivity index (χ4v) is 9.21. The summed E-state index contributed by atoms with van der Waals surface area (Å²) >= 11 is 0. The number of carboxylic acid groups (broad SMARTS) is 1. The Morgan fingerprint density at radius 2 is 0.730 bits per heavy atom. The van der Waals surface area contributed by atoms with Gasteiger partial charge in [-0.25, -0.2) is 0 Å². The molecule has 0 aromatic rings. The minimum absolute atomic E-state index is 0.147. The van der Waals surface area contributed by atoms with E-state index >= 15 is 0 Å². The minimum atomic E-state index is -1.62. The number of quaternary nitrogens is 1. The van der Waals surface area contributed by atoms with Crippen LogP contribution < -0.4 is 5.11 Å². The van der Waals surface area contributed by atoms with Crippen LogP contribution in [0.25, 0.3) is 0 Å². The van der Waals surface area contributed by atoms with Gasteiger partial charge in [-0.15, -0.1) is 0 Å². The van der Waals surface area contributed by atoms with Gasteiger partial charge < -0.3 is 33.3 Å². The zero-order valence-electron chi connectivity index (χ0n) is 49.5. The lowest BCUT2D eigenvalue weighted by Crippen LogP contribution is -2.44. The van der Waals surface area contributed by atoms with Gasteiger partial charge in [-0.2, -0.15) is 0 Å². The van der Waals surface area contributed by atoms with Gasteiger partial charge in [0.2, 0.25) is 0 Å². The van der Waals surface area contributed by atoms with Crippen molar-refractivity contribution in [2.24, 2.45) is 0 Å². The number of hydrogen-bond donors (Lipinski definition) is 0. The molecular formula is C65H121NO8. The highest BCUT2D eigenvalue weighted by atomic mass is 16.7. The van der Waals surface area contributed by atoms with Gasteiger partial charge in [-0.1, -0.05) is 256 Å². The second-order valence-corrected chi connectivity index (χ2v) is 22.7. The Hall–Kier alpha value is -2.49. The largest absolute Gasteiger partial charge is 0.545 e. The van der Waals surface area contributed by atoms with Crippen LogP contribution in [-0.2, 0) is 33.3 Å². The third kappa shape index (κ3) is 57.2. The first-order valence-corrected chi connectivity index (χ1v) is 31.6. The third-order valence-corrected chi connectivity index (χ3v) is 14.1. The van der Waals surface area contributed by atoms with Gasteiger partial charge in [0.15, 0.2) is 12.4 Å². The number of hydrogen-bond acceptors (Lipinski definition) is 8. The quantitative estimate of drug-likeness (QED) is 0.0195. The van der Waals surface area contributed by atoms with Crippen LogP contribution in [0.1, 0.15) is 303 Å². The Balaban J connectivity index is 4.09. The van der Waals surface area contributed by atoms with E-state index in [1.54, 1.807) is 0 Å². The highest BCUT2D eigenvalue weighted by Crippen LogP contribution is 2.17. The molecule has 0 radical (unpaired) electrons. The Labute approximate surface area is 458 Å². The van der Waals surface area contributed by atoms with Crippen molar-refractivity contribution in [2.45, 2.75) is 315 Å². The molecular weight excluding hydrogens is 923 g/mol. The molecule has 0 rings (SSSR count). The molecule has 0 aliphatic rings. The molecule has 0 N–H and O–H groups in total. The van der Waals surface area contributed by atoms with E-state index in [9.17, 15) is 19.5 Å². The van der Waals surface area contributed by atoms with E-state index in [0.717, 1.165) is 51.4 Å². The van der Waals surface area contributed by atoms with E-state index in [1.807, 2.05) is 21.1 Å². The molecule has 0 aliphatic carbocycles. The van der Waals surface area contributed by atoms with Gasteiger partial charge in [0.05, 0.1) is 40.3 Å². The molecule has 2 atom stereocenters. The average Bonchev–Trinajstić information content (AvgIpc) is 3.37. The molecule has 0 amide bonds. The number of carboxylic acids is 1. The molecule has 0 spiro atoms. The van der Waals surface area contributed by atoms with Gasteiger partial charge in [-0.05, 0) is 70.6 Å². The number of allylic oxidation sites excluding steroid dienone is 6. The van der Waals surface area contributed by atoms with Crippen molar-refractivity contribution in [3.8, 4) is 0 Å². The lowest BCUT2D eigenvalue weighted by molar-refractivity contribution is -0.870. The summed E-state index contributed by atoms with van der Waals surface area (Å²) < 4.78 is 22.7. The molecule has 0 aromatic carbocycles. The molecule has 0 fully saturated rings. The van der Waals surface area contributed by atoms with Gasteiger partial charge in [0.1, 0.15) is 13.2 Å². The number of nitrogens with zero attached hydrogens (tertiary/aromatic N) is 1. The monoisotopic (exact) mass is 1040 g/mol. The Bertz CT molecular complexity index is 1310. The van der Waals surface area contributed by atoms with Crippen molar-refractivity contribution in [1.29, 1.82) is 0 Å². The zero-order chi connectivity index (χ0) is 54.1. The molecule has 0 bridgehead atoms. The Morgan fingerprint density at radius 1 is 0.405 bits per heavy atom. The maximum atomic E-state index is 12.9. The second-order valence-electron chi connectivity index (χ2n) is 22.7. The molecule has 0 aromatic heterocycles. The van der Waals surface area contributed by atoms with Crippen molar-refractivity contribution in [2.75, 3.05) is 47.5 Å². The number of carbonyl (C=O) groups is 3. The summed E-state index contributed by atoms with van der Waals surface area (Å²) in [5.74, 6) is -2.28. The smallest absolute Gasteiger partial charge is 0.306 e. The summed E-state index contributed by atoms with van der Waals surface area (Å²) in [6, 6.07) is 0.